The van der Waals surface area contributed by atoms with Crippen LogP contribution in [0.5, 0.6) is 0 Å². The summed E-state index contributed by atoms with van der Waals surface area (Å²) in [5.74, 6) is 0.587. The van der Waals surface area contributed by atoms with Crippen molar-refractivity contribution in [2.75, 3.05) is 6.61 Å². The lowest BCUT2D eigenvalue weighted by molar-refractivity contribution is -0.145. The summed E-state index contributed by atoms with van der Waals surface area (Å²) in [5.41, 5.74) is 0. The second-order valence-electron chi connectivity index (χ2n) is 9.51. The van der Waals surface area contributed by atoms with E-state index in [1.54, 1.807) is 0 Å². The summed E-state index contributed by atoms with van der Waals surface area (Å²) in [6.07, 6.45) is 28.5. The van der Waals surface area contributed by atoms with E-state index in [2.05, 4.69) is 20.8 Å². The number of carbonyl (C=O) groups excluding carboxylic acids is 1. The number of rotatable bonds is 24. The molecule has 0 radical (unpaired) electrons. The van der Waals surface area contributed by atoms with Crippen LogP contribution in [0, 0.1) is 5.92 Å². The number of carbonyl (C=O) groups is 1. The molecule has 1 atom stereocenters. The van der Waals surface area contributed by atoms with Crippen LogP contribution in [0.15, 0.2) is 0 Å². The van der Waals surface area contributed by atoms with Gasteiger partial charge in [-0.25, -0.2) is 0 Å². The molecule has 0 aliphatic carbocycles. The zero-order chi connectivity index (χ0) is 22.1. The van der Waals surface area contributed by atoms with Crippen LogP contribution < -0.4 is 0 Å². The van der Waals surface area contributed by atoms with Gasteiger partial charge in [-0.1, -0.05) is 143 Å². The monoisotopic (exact) mass is 424 g/mol. The number of hydrogen-bond acceptors (Lipinski definition) is 2. The third-order valence-corrected chi connectivity index (χ3v) is 6.51. The van der Waals surface area contributed by atoms with E-state index >= 15 is 0 Å². The Bertz CT molecular complexity index is 340. The Morgan fingerprint density at radius 2 is 0.967 bits per heavy atom. The van der Waals surface area contributed by atoms with Crippen LogP contribution in [-0.4, -0.2) is 12.6 Å². The Morgan fingerprint density at radius 1 is 0.567 bits per heavy atom. The molecular formula is C28H56O2. The minimum absolute atomic E-state index is 0.0247. The summed E-state index contributed by atoms with van der Waals surface area (Å²) in [6, 6.07) is 0. The molecule has 2 heteroatoms. The summed E-state index contributed by atoms with van der Waals surface area (Å²) in [6.45, 7) is 7.39. The lowest BCUT2D eigenvalue weighted by Gasteiger charge is -2.15. The topological polar surface area (TPSA) is 26.3 Å². The minimum atomic E-state index is 0.0247. The van der Waals surface area contributed by atoms with Gasteiger partial charge in [0.15, 0.2) is 0 Å². The van der Waals surface area contributed by atoms with E-state index in [1.165, 1.54) is 122 Å². The van der Waals surface area contributed by atoms with Crippen LogP contribution in [0.4, 0.5) is 0 Å². The molecule has 0 rings (SSSR count). The van der Waals surface area contributed by atoms with Crippen LogP contribution in [0.3, 0.4) is 0 Å². The van der Waals surface area contributed by atoms with E-state index in [4.69, 9.17) is 4.74 Å². The predicted molar refractivity (Wildman–Crippen MR) is 133 cm³/mol. The first-order valence-electron chi connectivity index (χ1n) is 13.9. The first kappa shape index (κ1) is 29.5. The average Bonchev–Trinajstić information content (AvgIpc) is 2.76. The van der Waals surface area contributed by atoms with Gasteiger partial charge in [0.05, 0.1) is 6.61 Å². The summed E-state index contributed by atoms with van der Waals surface area (Å²) in [5, 5.41) is 0. The lowest BCUT2D eigenvalue weighted by Crippen LogP contribution is -2.13. The maximum absolute atomic E-state index is 12.0. The zero-order valence-corrected chi connectivity index (χ0v) is 21.2. The molecule has 0 bridgehead atoms. The number of hydrogen-bond donors (Lipinski definition) is 0. The van der Waals surface area contributed by atoms with Gasteiger partial charge in [0.25, 0.3) is 0 Å². The van der Waals surface area contributed by atoms with Crippen molar-refractivity contribution >= 4 is 5.97 Å². The molecule has 0 aliphatic rings. The standard InChI is InChI=1S/C28H56O2/c1-4-7-9-11-12-13-14-15-16-17-18-19-20-21-23-25-28(29)30-26-27(6-3)24-22-10-8-5-2/h27H,4-26H2,1-3H3. The van der Waals surface area contributed by atoms with Crippen LogP contribution in [0.25, 0.3) is 0 Å². The van der Waals surface area contributed by atoms with Gasteiger partial charge in [-0.2, -0.15) is 0 Å². The SMILES string of the molecule is CCCCCCCCCCCCCCCCCC(=O)OCC(CC)CCCCCC. The fraction of sp³-hybridized carbons (Fsp3) is 0.964. The zero-order valence-electron chi connectivity index (χ0n) is 21.2. The highest BCUT2D eigenvalue weighted by atomic mass is 16.5. The summed E-state index contributed by atoms with van der Waals surface area (Å²) in [4.78, 5) is 12.0. The van der Waals surface area contributed by atoms with Gasteiger partial charge >= 0.3 is 5.97 Å². The molecule has 0 aliphatic heterocycles. The van der Waals surface area contributed by atoms with Crippen LogP contribution in [-0.2, 0) is 9.53 Å². The molecule has 0 amide bonds. The molecule has 0 heterocycles. The highest BCUT2D eigenvalue weighted by Gasteiger charge is 2.10. The van der Waals surface area contributed by atoms with Crippen LogP contribution >= 0.6 is 0 Å². The average molecular weight is 425 g/mol. The third kappa shape index (κ3) is 22.2. The normalized spacial score (nSPS) is 12.2. The predicted octanol–water partition coefficient (Wildman–Crippen LogP) is 9.79. The Labute approximate surface area is 190 Å². The van der Waals surface area contributed by atoms with E-state index in [0.29, 0.717) is 18.9 Å². The smallest absolute Gasteiger partial charge is 0.305 e. The van der Waals surface area contributed by atoms with Crippen molar-refractivity contribution in [3.8, 4) is 0 Å². The molecule has 0 saturated carbocycles. The number of esters is 1. The van der Waals surface area contributed by atoms with Crippen LogP contribution in [0.1, 0.15) is 162 Å². The Hall–Kier alpha value is -0.530. The fourth-order valence-corrected chi connectivity index (χ4v) is 4.19. The molecule has 0 saturated heterocycles. The summed E-state index contributed by atoms with van der Waals surface area (Å²) >= 11 is 0. The van der Waals surface area contributed by atoms with Gasteiger partial charge in [-0.3, -0.25) is 4.79 Å². The van der Waals surface area contributed by atoms with Crippen LogP contribution in [0.2, 0.25) is 0 Å². The molecule has 1 unspecified atom stereocenters. The van der Waals surface area contributed by atoms with Crippen molar-refractivity contribution in [1.82, 2.24) is 0 Å². The van der Waals surface area contributed by atoms with E-state index in [9.17, 15) is 4.79 Å². The van der Waals surface area contributed by atoms with E-state index in [0.717, 1.165) is 12.8 Å². The second-order valence-corrected chi connectivity index (χ2v) is 9.51. The van der Waals surface area contributed by atoms with Gasteiger partial charge in [-0.15, -0.1) is 0 Å². The van der Waals surface area contributed by atoms with Gasteiger partial charge in [0, 0.05) is 6.42 Å². The van der Waals surface area contributed by atoms with Gasteiger partial charge in [0.2, 0.25) is 0 Å². The van der Waals surface area contributed by atoms with Gasteiger partial charge in [-0.05, 0) is 18.8 Å². The highest BCUT2D eigenvalue weighted by Crippen LogP contribution is 2.16. The molecule has 180 valence electrons. The summed E-state index contributed by atoms with van der Waals surface area (Å²) in [7, 11) is 0. The Morgan fingerprint density at radius 3 is 1.40 bits per heavy atom. The second kappa shape index (κ2) is 24.7. The molecule has 0 N–H and O–H groups in total. The Kier molecular flexibility index (Phi) is 24.3. The van der Waals surface area contributed by atoms with Crippen molar-refractivity contribution in [2.24, 2.45) is 5.92 Å². The van der Waals surface area contributed by atoms with E-state index < -0.39 is 0 Å². The van der Waals surface area contributed by atoms with Crippen molar-refractivity contribution in [3.63, 3.8) is 0 Å². The minimum Gasteiger partial charge on any atom is -0.465 e. The first-order chi connectivity index (χ1) is 14.7. The number of unbranched alkanes of at least 4 members (excludes halogenated alkanes) is 17. The van der Waals surface area contributed by atoms with Gasteiger partial charge in [0.1, 0.15) is 0 Å². The molecule has 0 aromatic carbocycles. The fourth-order valence-electron chi connectivity index (χ4n) is 4.19. The van der Waals surface area contributed by atoms with Gasteiger partial charge < -0.3 is 4.74 Å². The molecule has 0 spiro atoms. The Balaban J connectivity index is 3.32. The molecular weight excluding hydrogens is 368 g/mol. The third-order valence-electron chi connectivity index (χ3n) is 6.51. The van der Waals surface area contributed by atoms with Crippen molar-refractivity contribution < 1.29 is 9.53 Å². The first-order valence-corrected chi connectivity index (χ1v) is 13.9. The molecule has 0 aromatic heterocycles. The van der Waals surface area contributed by atoms with Crippen molar-refractivity contribution in [2.45, 2.75) is 162 Å². The van der Waals surface area contributed by atoms with Crippen molar-refractivity contribution in [3.05, 3.63) is 0 Å². The highest BCUT2D eigenvalue weighted by molar-refractivity contribution is 5.69. The molecule has 0 fully saturated rings. The largest absolute Gasteiger partial charge is 0.465 e. The van der Waals surface area contributed by atoms with E-state index in [-0.39, 0.29) is 5.97 Å². The quantitative estimate of drug-likeness (QED) is 0.114. The molecule has 2 nitrogen and oxygen atoms in total. The molecule has 30 heavy (non-hydrogen) atoms. The van der Waals surface area contributed by atoms with E-state index in [1.807, 2.05) is 0 Å². The lowest BCUT2D eigenvalue weighted by atomic mass is 9.99. The summed E-state index contributed by atoms with van der Waals surface area (Å²) < 4.78 is 5.53. The molecule has 0 aromatic rings. The van der Waals surface area contributed by atoms with Crippen molar-refractivity contribution in [1.29, 1.82) is 0 Å². The maximum atomic E-state index is 12.0. The maximum Gasteiger partial charge on any atom is 0.305 e. The number of ether oxygens (including phenoxy) is 1.